The van der Waals surface area contributed by atoms with Gasteiger partial charge in [0.15, 0.2) is 6.29 Å². The number of hydrogen-bond acceptors (Lipinski definition) is 14. The number of rotatable bonds is 21. The van der Waals surface area contributed by atoms with E-state index in [0.29, 0.717) is 58.5 Å². The summed E-state index contributed by atoms with van der Waals surface area (Å²) >= 11 is 0. The van der Waals surface area contributed by atoms with Crippen molar-refractivity contribution in [2.75, 3.05) is 103 Å². The molecule has 52 heavy (non-hydrogen) atoms. The zero-order valence-electron chi connectivity index (χ0n) is 32.7. The topological polar surface area (TPSA) is 177 Å². The first-order valence-electron chi connectivity index (χ1n) is 18.8. The fourth-order valence-corrected chi connectivity index (χ4v) is 5.90. The van der Waals surface area contributed by atoms with Crippen LogP contribution in [0.1, 0.15) is 58.2 Å². The average molecular weight is 756 g/mol. The van der Waals surface area contributed by atoms with Crippen LogP contribution in [0.15, 0.2) is 42.4 Å². The number of aromatic nitrogens is 3. The third kappa shape index (κ3) is 22.5. The van der Waals surface area contributed by atoms with E-state index < -0.39 is 10.8 Å². The summed E-state index contributed by atoms with van der Waals surface area (Å²) in [6.45, 7) is 17.5. The predicted octanol–water partition coefficient (Wildman–Crippen LogP) is 2.59. The largest absolute Gasteiger partial charge is 0.399 e. The first-order valence-corrected chi connectivity index (χ1v) is 20.3. The average Bonchev–Trinajstić information content (AvgIpc) is 3.63. The van der Waals surface area contributed by atoms with E-state index in [4.69, 9.17) is 35.3 Å². The van der Waals surface area contributed by atoms with Crippen molar-refractivity contribution in [2.24, 2.45) is 11.6 Å². The van der Waals surface area contributed by atoms with Crippen LogP contribution in [-0.4, -0.2) is 128 Å². The van der Waals surface area contributed by atoms with Gasteiger partial charge in [0.05, 0.1) is 69.9 Å². The molecule has 6 N–H and O–H groups in total. The molecule has 4 rings (SSSR count). The molecule has 1 aromatic heterocycles. The molecule has 2 fully saturated rings. The van der Waals surface area contributed by atoms with Crippen molar-refractivity contribution in [3.8, 4) is 0 Å². The molecule has 2 aromatic rings. The molecule has 16 heteroatoms. The molecule has 300 valence electrons. The summed E-state index contributed by atoms with van der Waals surface area (Å²) in [4.78, 5) is 2.27. The Labute approximate surface area is 315 Å². The summed E-state index contributed by atoms with van der Waals surface area (Å²) in [5.41, 5.74) is 9.54. The van der Waals surface area contributed by atoms with Crippen LogP contribution >= 0.6 is 0 Å². The predicted molar refractivity (Wildman–Crippen MR) is 210 cm³/mol. The first kappa shape index (κ1) is 47.5. The highest BCUT2D eigenvalue weighted by atomic mass is 32.2. The van der Waals surface area contributed by atoms with Gasteiger partial charge in [-0.2, -0.15) is 0 Å². The fourth-order valence-electron chi connectivity index (χ4n) is 4.77. The van der Waals surface area contributed by atoms with Crippen LogP contribution in [0.25, 0.3) is 0 Å². The zero-order chi connectivity index (χ0) is 38.2. The number of ether oxygens (including phenoxy) is 5. The second kappa shape index (κ2) is 32.0. The van der Waals surface area contributed by atoms with E-state index in [1.54, 1.807) is 10.9 Å². The standard InChI is InChI=1S/C16H31N5O4S.C16H26N4O2.2C2H6/c1-17-2-6-23-8-10-25-11-9-24-7-3-21-15-16(18-19-21)14-20-4-12-26(22)13-5-20;1-19-10-13-5-7-15(8-6-13)20(18)11-14(17)12-22-16-4-2-3-9-21-16;2*1-2/h15,17H,2-14H2,1H3;5-8,11,16,19H,2-4,9-10,12,17-18H2,1H3;2*1-2H3/b;14-11-;;. The van der Waals surface area contributed by atoms with Crippen molar-refractivity contribution >= 4 is 16.5 Å². The molecule has 0 radical (unpaired) electrons. The summed E-state index contributed by atoms with van der Waals surface area (Å²) in [6.07, 6.45) is 6.64. The molecule has 2 aliphatic rings. The number of hydrazine groups is 1. The summed E-state index contributed by atoms with van der Waals surface area (Å²) in [5.74, 6) is 7.52. The van der Waals surface area contributed by atoms with E-state index >= 15 is 0 Å². The molecule has 0 bridgehead atoms. The lowest BCUT2D eigenvalue weighted by Gasteiger charge is -2.24. The second-order valence-electron chi connectivity index (χ2n) is 11.5. The Kier molecular flexibility index (Phi) is 29.2. The second-order valence-corrected chi connectivity index (χ2v) is 13.1. The Morgan fingerprint density at radius 2 is 1.63 bits per heavy atom. The summed E-state index contributed by atoms with van der Waals surface area (Å²) in [7, 11) is 3.17. The first-order chi connectivity index (χ1) is 25.5. The minimum absolute atomic E-state index is 0.146. The Morgan fingerprint density at radius 1 is 0.981 bits per heavy atom. The van der Waals surface area contributed by atoms with E-state index in [9.17, 15) is 4.21 Å². The minimum atomic E-state index is -0.644. The number of nitrogens with one attached hydrogen (secondary N) is 2. The van der Waals surface area contributed by atoms with Gasteiger partial charge in [-0.15, -0.1) is 5.10 Å². The van der Waals surface area contributed by atoms with E-state index in [2.05, 4.69) is 25.8 Å². The number of nitrogens with two attached hydrogens (primary N) is 2. The molecular weight excluding hydrogens is 687 g/mol. The van der Waals surface area contributed by atoms with Gasteiger partial charge in [-0.3, -0.25) is 14.1 Å². The van der Waals surface area contributed by atoms with E-state index in [1.165, 1.54) is 10.6 Å². The van der Waals surface area contributed by atoms with E-state index in [1.807, 2.05) is 72.3 Å². The van der Waals surface area contributed by atoms with Crippen LogP contribution < -0.4 is 27.2 Å². The number of likely N-dealkylation sites (N-methyl/N-ethyl adjacent to an activating group) is 1. The quantitative estimate of drug-likeness (QED) is 0.0831. The summed E-state index contributed by atoms with van der Waals surface area (Å²) < 4.78 is 40.6. The minimum Gasteiger partial charge on any atom is -0.399 e. The lowest BCUT2D eigenvalue weighted by atomic mass is 10.2. The van der Waals surface area contributed by atoms with Crippen molar-refractivity contribution in [3.63, 3.8) is 0 Å². The lowest BCUT2D eigenvalue weighted by Crippen LogP contribution is -2.37. The molecule has 0 aliphatic carbocycles. The molecule has 2 aliphatic heterocycles. The van der Waals surface area contributed by atoms with Crippen molar-refractivity contribution < 1.29 is 27.9 Å². The summed E-state index contributed by atoms with van der Waals surface area (Å²) in [6, 6.07) is 7.98. The van der Waals surface area contributed by atoms with Gasteiger partial charge in [0.1, 0.15) is 0 Å². The highest BCUT2D eigenvalue weighted by molar-refractivity contribution is 7.85. The Bertz CT molecular complexity index is 1160. The van der Waals surface area contributed by atoms with Crippen LogP contribution in [0.2, 0.25) is 0 Å². The third-order valence-electron chi connectivity index (χ3n) is 7.44. The van der Waals surface area contributed by atoms with Gasteiger partial charge in [0, 0.05) is 74.0 Å². The van der Waals surface area contributed by atoms with Gasteiger partial charge in [0.25, 0.3) is 0 Å². The van der Waals surface area contributed by atoms with Crippen LogP contribution in [0.4, 0.5) is 5.69 Å². The van der Waals surface area contributed by atoms with Crippen molar-refractivity contribution in [1.29, 1.82) is 0 Å². The molecule has 2 saturated heterocycles. The van der Waals surface area contributed by atoms with Gasteiger partial charge in [-0.05, 0) is 51.1 Å². The van der Waals surface area contributed by atoms with Gasteiger partial charge in [-0.25, -0.2) is 10.5 Å². The van der Waals surface area contributed by atoms with Crippen LogP contribution in [0.3, 0.4) is 0 Å². The SMILES string of the molecule is CC.CC.CNCCOCCOCCOCCn1cc(CN2CCS(=O)CC2)nn1.CNCc1ccc(N(N)/C=C(\N)COC2CCCCO2)cc1. The summed E-state index contributed by atoms with van der Waals surface area (Å²) in [5, 5.41) is 16.0. The zero-order valence-corrected chi connectivity index (χ0v) is 33.5. The number of hydrogen-bond donors (Lipinski definition) is 4. The Balaban J connectivity index is 0.000000480. The maximum absolute atomic E-state index is 11.4. The third-order valence-corrected chi connectivity index (χ3v) is 8.72. The molecule has 3 heterocycles. The van der Waals surface area contributed by atoms with E-state index in [-0.39, 0.29) is 6.29 Å². The fraction of sp³-hybridized carbons (Fsp3) is 0.722. The molecule has 1 atom stereocenters. The Morgan fingerprint density at radius 3 is 2.25 bits per heavy atom. The molecule has 15 nitrogen and oxygen atoms in total. The van der Waals surface area contributed by atoms with Crippen LogP contribution in [0, 0.1) is 0 Å². The molecule has 0 saturated carbocycles. The highest BCUT2D eigenvalue weighted by Crippen LogP contribution is 2.16. The van der Waals surface area contributed by atoms with Crippen LogP contribution in [0.5, 0.6) is 0 Å². The number of benzene rings is 1. The van der Waals surface area contributed by atoms with Crippen molar-refractivity contribution in [1.82, 2.24) is 30.5 Å². The van der Waals surface area contributed by atoms with Gasteiger partial charge in [0.2, 0.25) is 0 Å². The number of nitrogens with zero attached hydrogens (tertiary/aromatic N) is 5. The van der Waals surface area contributed by atoms with Crippen molar-refractivity contribution in [2.45, 2.75) is 72.9 Å². The normalized spacial score (nSPS) is 16.5. The van der Waals surface area contributed by atoms with Gasteiger partial charge < -0.3 is 40.1 Å². The van der Waals surface area contributed by atoms with Crippen LogP contribution in [-0.2, 0) is 54.1 Å². The molecule has 0 amide bonds. The lowest BCUT2D eigenvalue weighted by molar-refractivity contribution is -0.157. The number of anilines is 1. The Hall–Kier alpha value is -2.51. The van der Waals surface area contributed by atoms with Gasteiger partial charge in [-0.1, -0.05) is 45.0 Å². The maximum atomic E-state index is 11.4. The van der Waals surface area contributed by atoms with E-state index in [0.717, 1.165) is 81.5 Å². The molecule has 1 aromatic carbocycles. The highest BCUT2D eigenvalue weighted by Gasteiger charge is 2.17. The monoisotopic (exact) mass is 756 g/mol. The van der Waals surface area contributed by atoms with Crippen molar-refractivity contribution in [3.05, 3.63) is 53.6 Å². The molecular formula is C36H69N9O6S. The maximum Gasteiger partial charge on any atom is 0.158 e. The van der Waals surface area contributed by atoms with Gasteiger partial charge >= 0.3 is 0 Å². The molecule has 1 unspecified atom stereocenters. The smallest absolute Gasteiger partial charge is 0.158 e. The molecule has 0 spiro atoms.